The van der Waals surface area contributed by atoms with Crippen molar-refractivity contribution in [1.82, 2.24) is 0 Å². The lowest BCUT2D eigenvalue weighted by Gasteiger charge is -2.45. The van der Waals surface area contributed by atoms with Gasteiger partial charge in [0.2, 0.25) is 0 Å². The minimum atomic E-state index is -0.0796. The summed E-state index contributed by atoms with van der Waals surface area (Å²) >= 11 is 0. The summed E-state index contributed by atoms with van der Waals surface area (Å²) in [5, 5.41) is 0. The summed E-state index contributed by atoms with van der Waals surface area (Å²) in [7, 11) is 0. The Labute approximate surface area is 107 Å². The molecular formula is C14H20N2O2. The number of hydrogen-bond acceptors (Lipinski definition) is 4. The predicted molar refractivity (Wildman–Crippen MR) is 69.5 cm³/mol. The molecule has 1 aromatic carbocycles. The van der Waals surface area contributed by atoms with Crippen LogP contribution in [0.2, 0.25) is 0 Å². The summed E-state index contributed by atoms with van der Waals surface area (Å²) in [6.07, 6.45) is 2.15. The topological polar surface area (TPSA) is 70.5 Å². The van der Waals surface area contributed by atoms with Crippen molar-refractivity contribution in [2.75, 3.05) is 26.4 Å². The Bertz CT molecular complexity index is 438. The summed E-state index contributed by atoms with van der Waals surface area (Å²) < 4.78 is 10.9. The van der Waals surface area contributed by atoms with E-state index in [1.165, 1.54) is 5.56 Å². The van der Waals surface area contributed by atoms with Gasteiger partial charge in [0.15, 0.2) is 0 Å². The molecule has 4 N–H and O–H groups in total. The van der Waals surface area contributed by atoms with Crippen molar-refractivity contribution in [2.45, 2.75) is 18.9 Å². The first-order valence-corrected chi connectivity index (χ1v) is 6.54. The molecule has 0 aromatic heterocycles. The van der Waals surface area contributed by atoms with Gasteiger partial charge in [0, 0.05) is 18.0 Å². The molecule has 18 heavy (non-hydrogen) atoms. The van der Waals surface area contributed by atoms with Crippen molar-refractivity contribution >= 4 is 0 Å². The van der Waals surface area contributed by atoms with Crippen LogP contribution in [0.15, 0.2) is 18.2 Å². The number of benzene rings is 1. The number of nitrogens with two attached hydrogens (primary N) is 2. The summed E-state index contributed by atoms with van der Waals surface area (Å²) in [6.45, 7) is 2.72. The number of aryl methyl sites for hydroxylation is 1. The molecule has 0 bridgehead atoms. The molecule has 2 aliphatic heterocycles. The fraction of sp³-hybridized carbons (Fsp3) is 0.571. The van der Waals surface area contributed by atoms with Crippen molar-refractivity contribution in [1.29, 1.82) is 0 Å². The Hall–Kier alpha value is -1.10. The van der Waals surface area contributed by atoms with Crippen LogP contribution in [-0.2, 0) is 11.2 Å². The highest BCUT2D eigenvalue weighted by Gasteiger charge is 2.43. The lowest BCUT2D eigenvalue weighted by Crippen LogP contribution is -2.54. The van der Waals surface area contributed by atoms with Crippen LogP contribution in [0.3, 0.4) is 0 Å². The second kappa shape index (κ2) is 4.53. The molecule has 2 aliphatic rings. The first kappa shape index (κ1) is 12.0. The first-order chi connectivity index (χ1) is 8.75. The van der Waals surface area contributed by atoms with E-state index >= 15 is 0 Å². The van der Waals surface area contributed by atoms with E-state index in [-0.39, 0.29) is 11.5 Å². The van der Waals surface area contributed by atoms with E-state index in [2.05, 4.69) is 12.1 Å². The van der Waals surface area contributed by atoms with Gasteiger partial charge >= 0.3 is 0 Å². The molecule has 4 heteroatoms. The zero-order valence-corrected chi connectivity index (χ0v) is 10.5. The maximum absolute atomic E-state index is 6.38. The van der Waals surface area contributed by atoms with Crippen molar-refractivity contribution in [3.63, 3.8) is 0 Å². The number of fused-ring (bicyclic) bond motifs is 1. The lowest BCUT2D eigenvalue weighted by atomic mass is 9.75. The summed E-state index contributed by atoms with van der Waals surface area (Å²) in [5.74, 6) is 1.00. The Morgan fingerprint density at radius 1 is 1.33 bits per heavy atom. The van der Waals surface area contributed by atoms with E-state index in [4.69, 9.17) is 20.9 Å². The summed E-state index contributed by atoms with van der Waals surface area (Å²) in [5.41, 5.74) is 14.6. The molecule has 0 amide bonds. The van der Waals surface area contributed by atoms with Crippen molar-refractivity contribution < 1.29 is 9.47 Å². The van der Waals surface area contributed by atoms with E-state index < -0.39 is 0 Å². The van der Waals surface area contributed by atoms with Crippen LogP contribution >= 0.6 is 0 Å². The molecule has 3 rings (SSSR count). The molecule has 98 valence electrons. The molecule has 0 saturated carbocycles. The van der Waals surface area contributed by atoms with Crippen LogP contribution in [0.25, 0.3) is 0 Å². The third kappa shape index (κ3) is 1.81. The summed E-state index contributed by atoms with van der Waals surface area (Å²) in [6, 6.07) is 6.22. The van der Waals surface area contributed by atoms with E-state index in [9.17, 15) is 0 Å². The molecule has 2 heterocycles. The highest BCUT2D eigenvalue weighted by molar-refractivity contribution is 5.40. The van der Waals surface area contributed by atoms with Crippen LogP contribution in [0, 0.1) is 5.41 Å². The minimum absolute atomic E-state index is 0.0523. The smallest absolute Gasteiger partial charge is 0.122 e. The molecule has 1 fully saturated rings. The van der Waals surface area contributed by atoms with Crippen LogP contribution in [0.1, 0.15) is 23.6 Å². The second-order valence-corrected chi connectivity index (χ2v) is 5.36. The van der Waals surface area contributed by atoms with Gasteiger partial charge in [-0.2, -0.15) is 0 Å². The Morgan fingerprint density at radius 2 is 2.17 bits per heavy atom. The molecule has 0 aliphatic carbocycles. The van der Waals surface area contributed by atoms with Gasteiger partial charge in [-0.25, -0.2) is 0 Å². The number of hydrogen-bond donors (Lipinski definition) is 2. The van der Waals surface area contributed by atoms with Gasteiger partial charge in [-0.05, 0) is 30.0 Å². The average Bonchev–Trinajstić information content (AvgIpc) is 2.37. The van der Waals surface area contributed by atoms with E-state index in [1.54, 1.807) is 0 Å². The third-order valence-corrected chi connectivity index (χ3v) is 4.14. The Morgan fingerprint density at radius 3 is 2.83 bits per heavy atom. The van der Waals surface area contributed by atoms with Gasteiger partial charge in [0.05, 0.1) is 19.8 Å². The minimum Gasteiger partial charge on any atom is -0.493 e. The van der Waals surface area contributed by atoms with Gasteiger partial charge in [0.1, 0.15) is 5.75 Å². The normalized spacial score (nSPS) is 22.6. The highest BCUT2D eigenvalue weighted by Crippen LogP contribution is 2.39. The Kier molecular flexibility index (Phi) is 3.01. The molecule has 1 saturated heterocycles. The predicted octanol–water partition coefficient (Wildman–Crippen LogP) is 0.987. The zero-order valence-electron chi connectivity index (χ0n) is 10.5. The van der Waals surface area contributed by atoms with Gasteiger partial charge in [-0.3, -0.25) is 0 Å². The molecule has 1 unspecified atom stereocenters. The third-order valence-electron chi connectivity index (χ3n) is 4.14. The van der Waals surface area contributed by atoms with E-state index in [0.717, 1.165) is 30.8 Å². The molecule has 4 nitrogen and oxygen atoms in total. The maximum atomic E-state index is 6.38. The number of ether oxygens (including phenoxy) is 2. The van der Waals surface area contributed by atoms with Crippen LogP contribution in [-0.4, -0.2) is 26.4 Å². The quantitative estimate of drug-likeness (QED) is 0.836. The first-order valence-electron chi connectivity index (χ1n) is 6.54. The average molecular weight is 248 g/mol. The van der Waals surface area contributed by atoms with Crippen molar-refractivity contribution in [3.05, 3.63) is 29.3 Å². The van der Waals surface area contributed by atoms with Crippen LogP contribution < -0.4 is 16.2 Å². The van der Waals surface area contributed by atoms with E-state index in [0.29, 0.717) is 19.8 Å². The molecule has 1 aromatic rings. The van der Waals surface area contributed by atoms with E-state index in [1.807, 2.05) is 6.07 Å². The zero-order chi connectivity index (χ0) is 12.6. The highest BCUT2D eigenvalue weighted by atomic mass is 16.5. The van der Waals surface area contributed by atoms with Gasteiger partial charge < -0.3 is 20.9 Å². The molecular weight excluding hydrogens is 228 g/mol. The largest absolute Gasteiger partial charge is 0.493 e. The van der Waals surface area contributed by atoms with Gasteiger partial charge in [-0.15, -0.1) is 0 Å². The molecule has 1 atom stereocenters. The second-order valence-electron chi connectivity index (χ2n) is 5.36. The van der Waals surface area contributed by atoms with Crippen molar-refractivity contribution in [3.8, 4) is 5.75 Å². The SMILES string of the molecule is NCC1(C(N)c2ccc3c(c2)CCCO3)COC1. The molecule has 0 radical (unpaired) electrons. The lowest BCUT2D eigenvalue weighted by molar-refractivity contribution is -0.121. The summed E-state index contributed by atoms with van der Waals surface area (Å²) in [4.78, 5) is 0. The maximum Gasteiger partial charge on any atom is 0.122 e. The molecule has 0 spiro atoms. The fourth-order valence-electron chi connectivity index (χ4n) is 2.72. The van der Waals surface area contributed by atoms with Crippen LogP contribution in [0.5, 0.6) is 5.75 Å². The van der Waals surface area contributed by atoms with Crippen LogP contribution in [0.4, 0.5) is 0 Å². The monoisotopic (exact) mass is 248 g/mol. The van der Waals surface area contributed by atoms with Gasteiger partial charge in [0.25, 0.3) is 0 Å². The fourth-order valence-corrected chi connectivity index (χ4v) is 2.72. The standard InChI is InChI=1S/C14H20N2O2/c15-7-14(8-17-9-14)13(16)11-3-4-12-10(6-11)2-1-5-18-12/h3-4,6,13H,1-2,5,7-9,15-16H2. The number of rotatable bonds is 3. The van der Waals surface area contributed by atoms with Gasteiger partial charge in [-0.1, -0.05) is 12.1 Å². The Balaban J connectivity index is 1.87. The van der Waals surface area contributed by atoms with Crippen molar-refractivity contribution in [2.24, 2.45) is 16.9 Å².